The number of hydrogen-bond acceptors (Lipinski definition) is 2. The minimum absolute atomic E-state index is 0.0794. The fraction of sp³-hybridized carbons (Fsp3) is 0.500. The highest BCUT2D eigenvalue weighted by Crippen LogP contribution is 2.29. The first-order valence-corrected chi connectivity index (χ1v) is 6.73. The molecule has 18 heavy (non-hydrogen) atoms. The largest absolute Gasteiger partial charge is 0.345 e. The number of rotatable bonds is 3. The van der Waals surface area contributed by atoms with Gasteiger partial charge in [-0.3, -0.25) is 4.79 Å². The summed E-state index contributed by atoms with van der Waals surface area (Å²) >= 11 is 6.04. The molecule has 4 heteroatoms. The number of nitrogens with two attached hydrogens (primary N) is 1. The molecule has 1 aliphatic carbocycles. The molecular weight excluding hydrogens is 248 g/mol. The van der Waals surface area contributed by atoms with E-state index >= 15 is 0 Å². The van der Waals surface area contributed by atoms with Crippen molar-refractivity contribution in [2.75, 3.05) is 6.54 Å². The first-order valence-electron chi connectivity index (χ1n) is 6.35. The lowest BCUT2D eigenvalue weighted by atomic mass is 9.97. The highest BCUT2D eigenvalue weighted by molar-refractivity contribution is 6.31. The van der Waals surface area contributed by atoms with Crippen molar-refractivity contribution in [3.8, 4) is 0 Å². The van der Waals surface area contributed by atoms with Gasteiger partial charge in [-0.2, -0.15) is 0 Å². The molecule has 0 atom stereocenters. The van der Waals surface area contributed by atoms with Crippen LogP contribution in [0.15, 0.2) is 18.2 Å². The third kappa shape index (κ3) is 2.68. The quantitative estimate of drug-likeness (QED) is 0.884. The molecule has 0 spiro atoms. The molecule has 0 aliphatic heterocycles. The van der Waals surface area contributed by atoms with E-state index in [0.29, 0.717) is 17.1 Å². The molecule has 0 saturated heterocycles. The number of nitrogens with one attached hydrogen (secondary N) is 1. The van der Waals surface area contributed by atoms with Gasteiger partial charge >= 0.3 is 0 Å². The second kappa shape index (κ2) is 5.29. The van der Waals surface area contributed by atoms with Gasteiger partial charge in [-0.05, 0) is 37.5 Å². The first-order chi connectivity index (χ1) is 8.56. The lowest BCUT2D eigenvalue weighted by Crippen LogP contribution is -2.51. The van der Waals surface area contributed by atoms with Crippen molar-refractivity contribution in [2.24, 2.45) is 5.73 Å². The van der Waals surface area contributed by atoms with Crippen molar-refractivity contribution in [2.45, 2.75) is 38.1 Å². The molecule has 98 valence electrons. The van der Waals surface area contributed by atoms with E-state index in [1.54, 1.807) is 12.1 Å². The van der Waals surface area contributed by atoms with E-state index in [0.717, 1.165) is 31.2 Å². The van der Waals surface area contributed by atoms with Crippen LogP contribution in [-0.2, 0) is 0 Å². The van der Waals surface area contributed by atoms with E-state index in [2.05, 4.69) is 5.32 Å². The Morgan fingerprint density at radius 3 is 2.67 bits per heavy atom. The molecule has 3 nitrogen and oxygen atoms in total. The Hall–Kier alpha value is -1.06. The predicted molar refractivity (Wildman–Crippen MR) is 73.9 cm³/mol. The maximum atomic E-state index is 12.2. The van der Waals surface area contributed by atoms with Gasteiger partial charge in [-0.15, -0.1) is 0 Å². The standard InChI is InChI=1S/C14H19ClN2O/c1-10-4-5-11(8-12(10)15)13(18)17-14(9-16)6-2-3-7-14/h4-5,8H,2-3,6-7,9,16H2,1H3,(H,17,18). The molecule has 1 amide bonds. The van der Waals surface area contributed by atoms with E-state index in [1.807, 2.05) is 13.0 Å². The van der Waals surface area contributed by atoms with Gasteiger partial charge in [0, 0.05) is 17.1 Å². The van der Waals surface area contributed by atoms with Crippen molar-refractivity contribution in [3.63, 3.8) is 0 Å². The second-order valence-corrected chi connectivity index (χ2v) is 5.52. The van der Waals surface area contributed by atoms with Crippen molar-refractivity contribution >= 4 is 17.5 Å². The summed E-state index contributed by atoms with van der Waals surface area (Å²) in [7, 11) is 0. The Morgan fingerprint density at radius 1 is 1.44 bits per heavy atom. The molecule has 1 aliphatic rings. The average Bonchev–Trinajstić information content (AvgIpc) is 2.82. The van der Waals surface area contributed by atoms with Crippen LogP contribution in [0.1, 0.15) is 41.6 Å². The van der Waals surface area contributed by atoms with Gasteiger partial charge in [-0.1, -0.05) is 30.5 Å². The van der Waals surface area contributed by atoms with Gasteiger partial charge < -0.3 is 11.1 Å². The third-order valence-corrected chi connectivity index (χ3v) is 4.17. The number of aryl methyl sites for hydroxylation is 1. The van der Waals surface area contributed by atoms with E-state index in [-0.39, 0.29) is 11.4 Å². The number of benzene rings is 1. The Bertz CT molecular complexity index is 453. The molecule has 0 aromatic heterocycles. The first kappa shape index (κ1) is 13.4. The summed E-state index contributed by atoms with van der Waals surface area (Å²) in [6.07, 6.45) is 4.20. The van der Waals surface area contributed by atoms with Crippen LogP contribution in [0.2, 0.25) is 5.02 Å². The summed E-state index contributed by atoms with van der Waals surface area (Å²) in [5.74, 6) is -0.0794. The van der Waals surface area contributed by atoms with Crippen LogP contribution < -0.4 is 11.1 Å². The molecule has 0 bridgehead atoms. The summed E-state index contributed by atoms with van der Waals surface area (Å²) < 4.78 is 0. The maximum absolute atomic E-state index is 12.2. The topological polar surface area (TPSA) is 55.1 Å². The van der Waals surface area contributed by atoms with Crippen LogP contribution >= 0.6 is 11.6 Å². The molecule has 1 aromatic rings. The Labute approximate surface area is 113 Å². The van der Waals surface area contributed by atoms with Crippen LogP contribution in [-0.4, -0.2) is 18.0 Å². The van der Waals surface area contributed by atoms with Crippen molar-refractivity contribution in [1.29, 1.82) is 0 Å². The van der Waals surface area contributed by atoms with Crippen molar-refractivity contribution in [1.82, 2.24) is 5.32 Å². The van der Waals surface area contributed by atoms with E-state index in [1.165, 1.54) is 0 Å². The molecule has 0 heterocycles. The Kier molecular flexibility index (Phi) is 3.93. The summed E-state index contributed by atoms with van der Waals surface area (Å²) in [4.78, 5) is 12.2. The molecule has 1 saturated carbocycles. The summed E-state index contributed by atoms with van der Waals surface area (Å²) in [6.45, 7) is 2.42. The Balaban J connectivity index is 2.13. The highest BCUT2D eigenvalue weighted by Gasteiger charge is 2.34. The zero-order valence-electron chi connectivity index (χ0n) is 10.6. The molecule has 3 N–H and O–H groups in total. The highest BCUT2D eigenvalue weighted by atomic mass is 35.5. The molecular formula is C14H19ClN2O. The fourth-order valence-corrected chi connectivity index (χ4v) is 2.66. The number of carbonyl (C=O) groups excluding carboxylic acids is 1. The normalized spacial score (nSPS) is 17.7. The van der Waals surface area contributed by atoms with Gasteiger partial charge in [-0.25, -0.2) is 0 Å². The SMILES string of the molecule is Cc1ccc(C(=O)NC2(CN)CCCC2)cc1Cl. The number of amides is 1. The van der Waals surface area contributed by atoms with E-state index in [4.69, 9.17) is 17.3 Å². The van der Waals surface area contributed by atoms with Crippen molar-refractivity contribution < 1.29 is 4.79 Å². The van der Waals surface area contributed by atoms with E-state index < -0.39 is 0 Å². The molecule has 0 radical (unpaired) electrons. The monoisotopic (exact) mass is 266 g/mol. The average molecular weight is 267 g/mol. The number of carbonyl (C=O) groups is 1. The Morgan fingerprint density at radius 2 is 2.11 bits per heavy atom. The van der Waals surface area contributed by atoms with Gasteiger partial charge in [0.2, 0.25) is 0 Å². The zero-order valence-corrected chi connectivity index (χ0v) is 11.4. The minimum Gasteiger partial charge on any atom is -0.345 e. The predicted octanol–water partition coefficient (Wildman–Crippen LogP) is 2.65. The maximum Gasteiger partial charge on any atom is 0.251 e. The second-order valence-electron chi connectivity index (χ2n) is 5.11. The lowest BCUT2D eigenvalue weighted by Gasteiger charge is -2.28. The number of halogens is 1. The van der Waals surface area contributed by atoms with Crippen LogP contribution in [0.4, 0.5) is 0 Å². The summed E-state index contributed by atoms with van der Waals surface area (Å²) in [6, 6.07) is 5.38. The number of hydrogen-bond donors (Lipinski definition) is 2. The molecule has 1 fully saturated rings. The fourth-order valence-electron chi connectivity index (χ4n) is 2.48. The van der Waals surface area contributed by atoms with Gasteiger partial charge in [0.1, 0.15) is 0 Å². The van der Waals surface area contributed by atoms with Crippen LogP contribution in [0.25, 0.3) is 0 Å². The van der Waals surface area contributed by atoms with Crippen LogP contribution in [0.5, 0.6) is 0 Å². The smallest absolute Gasteiger partial charge is 0.251 e. The molecule has 2 rings (SSSR count). The van der Waals surface area contributed by atoms with Gasteiger partial charge in [0.25, 0.3) is 5.91 Å². The minimum atomic E-state index is -0.214. The van der Waals surface area contributed by atoms with Gasteiger partial charge in [0.15, 0.2) is 0 Å². The van der Waals surface area contributed by atoms with Crippen molar-refractivity contribution in [3.05, 3.63) is 34.3 Å². The van der Waals surface area contributed by atoms with Gasteiger partial charge in [0.05, 0.1) is 5.54 Å². The van der Waals surface area contributed by atoms with Crippen LogP contribution in [0, 0.1) is 6.92 Å². The zero-order chi connectivity index (χ0) is 13.2. The van der Waals surface area contributed by atoms with E-state index in [9.17, 15) is 4.79 Å². The lowest BCUT2D eigenvalue weighted by molar-refractivity contribution is 0.0903. The molecule has 1 aromatic carbocycles. The van der Waals surface area contributed by atoms with Crippen LogP contribution in [0.3, 0.4) is 0 Å². The molecule has 0 unspecified atom stereocenters. The summed E-state index contributed by atoms with van der Waals surface area (Å²) in [5.41, 5.74) is 7.17. The third-order valence-electron chi connectivity index (χ3n) is 3.76. The summed E-state index contributed by atoms with van der Waals surface area (Å²) in [5, 5.41) is 3.70.